The fourth-order valence-corrected chi connectivity index (χ4v) is 6.78. The van der Waals surface area contributed by atoms with E-state index in [1.807, 2.05) is 41.0 Å². The Labute approximate surface area is 256 Å². The van der Waals surface area contributed by atoms with Crippen LogP contribution in [0.4, 0.5) is 11.8 Å². The molecular formula is C33H40N8O3. The zero-order chi connectivity index (χ0) is 30.2. The quantitative estimate of drug-likeness (QED) is 0.196. The Hall–Kier alpha value is -4.06. The summed E-state index contributed by atoms with van der Waals surface area (Å²) in [6.45, 7) is 1.97. The number of carbonyl (C=O) groups excluding carboxylic acids is 1. The lowest BCUT2D eigenvalue weighted by molar-refractivity contribution is -0.129. The lowest BCUT2D eigenvalue weighted by atomic mass is 9.84. The van der Waals surface area contributed by atoms with Crippen molar-refractivity contribution in [2.45, 2.75) is 68.4 Å². The molecule has 1 unspecified atom stereocenters. The number of fused-ring (bicyclic) bond motifs is 1. The molecule has 7 rings (SSSR count). The van der Waals surface area contributed by atoms with E-state index in [1.165, 1.54) is 11.1 Å². The summed E-state index contributed by atoms with van der Waals surface area (Å²) in [6, 6.07) is 19.7. The first-order chi connectivity index (χ1) is 21.5. The van der Waals surface area contributed by atoms with Crippen molar-refractivity contribution in [1.29, 1.82) is 0 Å². The maximum Gasteiger partial charge on any atom is 0.229 e. The molecule has 11 nitrogen and oxygen atoms in total. The number of nitrogens with one attached hydrogen (secondary N) is 2. The third-order valence-corrected chi connectivity index (χ3v) is 9.61. The largest absolute Gasteiger partial charge is 0.388 e. The molecular weight excluding hydrogens is 556 g/mol. The first kappa shape index (κ1) is 28.7. The van der Waals surface area contributed by atoms with E-state index in [2.05, 4.69) is 39.8 Å². The summed E-state index contributed by atoms with van der Waals surface area (Å²) in [5, 5.41) is 28.7. The monoisotopic (exact) mass is 596 g/mol. The van der Waals surface area contributed by atoms with E-state index >= 15 is 0 Å². The number of rotatable bonds is 9. The normalized spacial score (nSPS) is 25.5. The molecule has 11 heteroatoms. The van der Waals surface area contributed by atoms with E-state index < -0.39 is 24.3 Å². The second-order valence-electron chi connectivity index (χ2n) is 12.5. The van der Waals surface area contributed by atoms with Gasteiger partial charge in [-0.15, -0.1) is 0 Å². The highest BCUT2D eigenvalue weighted by Crippen LogP contribution is 2.36. The predicted molar refractivity (Wildman–Crippen MR) is 168 cm³/mol. The van der Waals surface area contributed by atoms with E-state index in [1.54, 1.807) is 6.33 Å². The number of nitrogens with zero attached hydrogens (tertiary/aromatic N) is 5. The average Bonchev–Trinajstić information content (AvgIpc) is 3.71. The zero-order valence-corrected chi connectivity index (χ0v) is 24.7. The Kier molecular flexibility index (Phi) is 7.92. The summed E-state index contributed by atoms with van der Waals surface area (Å²) in [5.41, 5.74) is 9.77. The van der Waals surface area contributed by atoms with Crippen LogP contribution in [0, 0.1) is 5.92 Å². The van der Waals surface area contributed by atoms with Crippen molar-refractivity contribution in [3.8, 4) is 0 Å². The third kappa shape index (κ3) is 5.51. The summed E-state index contributed by atoms with van der Waals surface area (Å²) < 4.78 is 1.83. The second kappa shape index (κ2) is 12.1. The van der Waals surface area contributed by atoms with Gasteiger partial charge >= 0.3 is 0 Å². The van der Waals surface area contributed by atoms with Crippen LogP contribution >= 0.6 is 0 Å². The van der Waals surface area contributed by atoms with Gasteiger partial charge in [0.1, 0.15) is 12.2 Å². The van der Waals surface area contributed by atoms with Gasteiger partial charge in [0, 0.05) is 37.5 Å². The lowest BCUT2D eigenvalue weighted by Gasteiger charge is -2.27. The molecule has 4 aromatic rings. The molecule has 0 radical (unpaired) electrons. The number of carbonyl (C=O) groups is 1. The topological polar surface area (TPSA) is 154 Å². The van der Waals surface area contributed by atoms with E-state index in [0.29, 0.717) is 42.4 Å². The van der Waals surface area contributed by atoms with Gasteiger partial charge in [0.25, 0.3) is 0 Å². The average molecular weight is 597 g/mol. The Balaban J connectivity index is 1.21. The van der Waals surface area contributed by atoms with Crippen LogP contribution in [0.3, 0.4) is 0 Å². The van der Waals surface area contributed by atoms with Crippen molar-refractivity contribution in [1.82, 2.24) is 24.8 Å². The molecule has 44 heavy (non-hydrogen) atoms. The van der Waals surface area contributed by atoms with Gasteiger partial charge in [-0.25, -0.2) is 4.98 Å². The Morgan fingerprint density at radius 3 is 2.30 bits per heavy atom. The fourth-order valence-electron chi connectivity index (χ4n) is 6.78. The van der Waals surface area contributed by atoms with Crippen LogP contribution in [0.1, 0.15) is 55.2 Å². The number of imidazole rings is 1. The van der Waals surface area contributed by atoms with E-state index in [9.17, 15) is 15.0 Å². The molecule has 0 spiro atoms. The minimum Gasteiger partial charge on any atom is -0.388 e. The number of nitrogens with two attached hydrogens (primary N) is 1. The van der Waals surface area contributed by atoms with Crippen molar-refractivity contribution in [2.24, 2.45) is 11.7 Å². The molecule has 3 aliphatic rings. The van der Waals surface area contributed by atoms with E-state index in [0.717, 1.165) is 32.2 Å². The number of anilines is 2. The molecule has 1 saturated heterocycles. The van der Waals surface area contributed by atoms with Crippen LogP contribution in [-0.4, -0.2) is 79.6 Å². The Morgan fingerprint density at radius 2 is 1.68 bits per heavy atom. The number of aliphatic hydroxyl groups is 2. The molecule has 3 heterocycles. The first-order valence-electron chi connectivity index (χ1n) is 15.7. The van der Waals surface area contributed by atoms with Gasteiger partial charge in [-0.2, -0.15) is 9.97 Å². The summed E-state index contributed by atoms with van der Waals surface area (Å²) in [4.78, 5) is 29.3. The molecule has 2 saturated carbocycles. The Morgan fingerprint density at radius 1 is 0.977 bits per heavy atom. The van der Waals surface area contributed by atoms with Crippen LogP contribution in [-0.2, 0) is 4.79 Å². The van der Waals surface area contributed by atoms with E-state index in [-0.39, 0.29) is 23.8 Å². The van der Waals surface area contributed by atoms with Gasteiger partial charge in [-0.3, -0.25) is 4.79 Å². The highest BCUT2D eigenvalue weighted by atomic mass is 16.3. The molecule has 5 atom stereocenters. The molecule has 0 bridgehead atoms. The molecule has 6 N–H and O–H groups in total. The maximum atomic E-state index is 12.7. The second-order valence-corrected chi connectivity index (χ2v) is 12.5. The number of hydrogen-bond donors (Lipinski definition) is 5. The van der Waals surface area contributed by atoms with Crippen LogP contribution in [0.25, 0.3) is 11.2 Å². The lowest BCUT2D eigenvalue weighted by Crippen LogP contribution is -2.46. The van der Waals surface area contributed by atoms with Crippen molar-refractivity contribution < 1.29 is 15.0 Å². The SMILES string of the molecule is N[C@@H]1CCN(c2nc(NCC(c3ccccc3)c3ccccc3)c3ncn(C4C[C@H](NC(=O)C5CCC5)[C@@H](O)[C@H]4O)c3n2)C1. The van der Waals surface area contributed by atoms with Crippen LogP contribution in [0.15, 0.2) is 67.0 Å². The number of aliphatic hydroxyl groups excluding tert-OH is 2. The minimum atomic E-state index is -1.09. The summed E-state index contributed by atoms with van der Waals surface area (Å²) >= 11 is 0. The van der Waals surface area contributed by atoms with Crippen molar-refractivity contribution >= 4 is 28.8 Å². The van der Waals surface area contributed by atoms with Crippen molar-refractivity contribution in [3.63, 3.8) is 0 Å². The molecule has 1 aliphatic heterocycles. The molecule has 2 aromatic carbocycles. The van der Waals surface area contributed by atoms with E-state index in [4.69, 9.17) is 20.7 Å². The van der Waals surface area contributed by atoms with Gasteiger partial charge in [0.2, 0.25) is 11.9 Å². The number of benzene rings is 2. The van der Waals surface area contributed by atoms with Crippen LogP contribution in [0.5, 0.6) is 0 Å². The highest BCUT2D eigenvalue weighted by Gasteiger charge is 2.44. The molecule has 230 valence electrons. The summed E-state index contributed by atoms with van der Waals surface area (Å²) in [7, 11) is 0. The molecule has 2 aromatic heterocycles. The minimum absolute atomic E-state index is 0.00108. The maximum absolute atomic E-state index is 12.7. The zero-order valence-electron chi connectivity index (χ0n) is 24.7. The fraction of sp³-hybridized carbons (Fsp3) is 0.455. The number of hydrogen-bond acceptors (Lipinski definition) is 9. The molecule has 1 amide bonds. The van der Waals surface area contributed by atoms with Gasteiger partial charge < -0.3 is 36.0 Å². The standard InChI is InChI=1S/C33H40N8O3/c34-23-14-15-40(18-23)33-38-30(35-17-24(20-8-3-1-4-9-20)21-10-5-2-6-11-21)27-31(39-33)41(19-36-27)26-16-25(28(42)29(26)43)37-32(44)22-12-7-13-22/h1-6,8-11,19,22-26,28-29,42-43H,7,12-18,34H2,(H,37,44)(H,35,38,39)/t23-,25+,26?,28-,29+/m1/s1. The summed E-state index contributed by atoms with van der Waals surface area (Å²) in [6.07, 6.45) is 3.50. The third-order valence-electron chi connectivity index (χ3n) is 9.61. The highest BCUT2D eigenvalue weighted by molar-refractivity contribution is 5.85. The van der Waals surface area contributed by atoms with Crippen molar-refractivity contribution in [2.75, 3.05) is 29.9 Å². The number of aromatic nitrogens is 4. The van der Waals surface area contributed by atoms with Crippen molar-refractivity contribution in [3.05, 3.63) is 78.1 Å². The summed E-state index contributed by atoms with van der Waals surface area (Å²) in [5.74, 6) is 1.17. The van der Waals surface area contributed by atoms with Gasteiger partial charge in [-0.1, -0.05) is 67.1 Å². The van der Waals surface area contributed by atoms with Crippen LogP contribution < -0.4 is 21.3 Å². The molecule has 3 fully saturated rings. The predicted octanol–water partition coefficient (Wildman–Crippen LogP) is 2.56. The number of amides is 1. The van der Waals surface area contributed by atoms with Gasteiger partial charge in [0.05, 0.1) is 18.4 Å². The molecule has 2 aliphatic carbocycles. The first-order valence-corrected chi connectivity index (χ1v) is 15.7. The smallest absolute Gasteiger partial charge is 0.229 e. The van der Waals surface area contributed by atoms with Crippen LogP contribution in [0.2, 0.25) is 0 Å². The van der Waals surface area contributed by atoms with Gasteiger partial charge in [-0.05, 0) is 36.8 Å². The Bertz CT molecular complexity index is 1560. The van der Waals surface area contributed by atoms with Gasteiger partial charge in [0.15, 0.2) is 17.0 Å².